The third-order valence-corrected chi connectivity index (χ3v) is 4.80. The van der Waals surface area contributed by atoms with Gasteiger partial charge >= 0.3 is 5.97 Å². The molecule has 0 aliphatic carbocycles. The number of carbonyl (C=O) groups excluding carboxylic acids is 2. The molecule has 3 rings (SSSR count). The van der Waals surface area contributed by atoms with Crippen molar-refractivity contribution in [3.05, 3.63) is 76.6 Å². The van der Waals surface area contributed by atoms with E-state index in [0.717, 1.165) is 24.8 Å². The molecule has 1 atom stereocenters. The van der Waals surface area contributed by atoms with Gasteiger partial charge in [0.25, 0.3) is 5.91 Å². The number of amides is 1. The number of rotatable bonds is 4. The normalized spacial score (nSPS) is 17.4. The van der Waals surface area contributed by atoms with Crippen LogP contribution < -0.4 is 0 Å². The van der Waals surface area contributed by atoms with Crippen molar-refractivity contribution in [1.29, 1.82) is 0 Å². The highest BCUT2D eigenvalue weighted by Gasteiger charge is 2.28. The third kappa shape index (κ3) is 5.42. The molecule has 2 aromatic carbocycles. The molecular weight excluding hydrogens is 381 g/mol. The average Bonchev–Trinajstić information content (AvgIpc) is 2.92. The van der Waals surface area contributed by atoms with Crippen LogP contribution in [0.1, 0.15) is 41.6 Å². The average molecular weight is 402 g/mol. The highest BCUT2D eigenvalue weighted by Crippen LogP contribution is 2.21. The summed E-state index contributed by atoms with van der Waals surface area (Å²) in [6, 6.07) is 12.5. The van der Waals surface area contributed by atoms with Crippen molar-refractivity contribution in [2.24, 2.45) is 0 Å². The van der Waals surface area contributed by atoms with Crippen LogP contribution in [0.5, 0.6) is 0 Å². The van der Waals surface area contributed by atoms with Gasteiger partial charge < -0.3 is 9.64 Å². The van der Waals surface area contributed by atoms with E-state index in [1.165, 1.54) is 30.3 Å². The summed E-state index contributed by atoms with van der Waals surface area (Å²) in [5.41, 5.74) is 1.16. The van der Waals surface area contributed by atoms with E-state index in [1.807, 2.05) is 6.07 Å². The number of esters is 1. The number of hydrogen-bond donors (Lipinski definition) is 0. The minimum Gasteiger partial charge on any atom is -0.438 e. The number of halogens is 2. The Morgan fingerprint density at radius 2 is 1.89 bits per heavy atom. The highest BCUT2D eigenvalue weighted by atomic mass is 35.5. The number of likely N-dealkylation sites (tertiary alicyclic amines) is 1. The maximum Gasteiger partial charge on any atom is 0.332 e. The number of ether oxygens (including phenoxy) is 1. The Kier molecular flexibility index (Phi) is 6.82. The topological polar surface area (TPSA) is 46.6 Å². The van der Waals surface area contributed by atoms with Gasteiger partial charge in [0.15, 0.2) is 6.23 Å². The molecule has 6 heteroatoms. The molecule has 1 aliphatic rings. The molecule has 0 saturated carbocycles. The Hall–Kier alpha value is -2.66. The summed E-state index contributed by atoms with van der Waals surface area (Å²) < 4.78 is 18.7. The van der Waals surface area contributed by atoms with E-state index in [0.29, 0.717) is 23.6 Å². The molecule has 0 unspecified atom stereocenters. The molecule has 1 fully saturated rings. The molecule has 0 aromatic heterocycles. The third-order valence-electron chi connectivity index (χ3n) is 4.56. The van der Waals surface area contributed by atoms with Crippen molar-refractivity contribution in [3.8, 4) is 0 Å². The smallest absolute Gasteiger partial charge is 0.332 e. The Morgan fingerprint density at radius 3 is 2.64 bits per heavy atom. The standard InChI is InChI=1S/C22H21ClFNO3/c23-18-6-4-5-16(15-18)8-13-21(26)28-20-7-2-1-3-14-25(20)22(27)17-9-11-19(24)12-10-17/h4-6,8-13,15,20H,1-3,7,14H2/b13-8+/t20-/m1/s1. The fourth-order valence-electron chi connectivity index (χ4n) is 3.14. The summed E-state index contributed by atoms with van der Waals surface area (Å²) in [6.45, 7) is 0.492. The molecule has 1 aliphatic heterocycles. The van der Waals surface area contributed by atoms with Gasteiger partial charge in [-0.15, -0.1) is 0 Å². The SMILES string of the molecule is O=C(/C=C/c1cccc(Cl)c1)O[C@@H]1CCCCCN1C(=O)c1ccc(F)cc1. The van der Waals surface area contributed by atoms with Gasteiger partial charge in [0.05, 0.1) is 0 Å². The van der Waals surface area contributed by atoms with E-state index < -0.39 is 18.0 Å². The molecule has 1 heterocycles. The summed E-state index contributed by atoms with van der Waals surface area (Å²) in [5.74, 6) is -1.19. The van der Waals surface area contributed by atoms with Crippen molar-refractivity contribution in [1.82, 2.24) is 4.90 Å². The number of carbonyl (C=O) groups is 2. The fraction of sp³-hybridized carbons (Fsp3) is 0.273. The first-order valence-corrected chi connectivity index (χ1v) is 9.61. The maximum atomic E-state index is 13.1. The quantitative estimate of drug-likeness (QED) is 0.530. The van der Waals surface area contributed by atoms with Gasteiger partial charge in [0.2, 0.25) is 0 Å². The van der Waals surface area contributed by atoms with E-state index in [2.05, 4.69) is 0 Å². The van der Waals surface area contributed by atoms with E-state index in [1.54, 1.807) is 29.2 Å². The second-order valence-corrected chi connectivity index (χ2v) is 7.07. The molecule has 0 N–H and O–H groups in total. The van der Waals surface area contributed by atoms with Crippen LogP contribution in [0.15, 0.2) is 54.6 Å². The van der Waals surface area contributed by atoms with Gasteiger partial charge in [-0.2, -0.15) is 0 Å². The van der Waals surface area contributed by atoms with Crippen LogP contribution in [-0.2, 0) is 9.53 Å². The lowest BCUT2D eigenvalue weighted by Gasteiger charge is -2.29. The van der Waals surface area contributed by atoms with Gasteiger partial charge in [-0.25, -0.2) is 9.18 Å². The Bertz CT molecular complexity index is 866. The fourth-order valence-corrected chi connectivity index (χ4v) is 3.34. The minimum absolute atomic E-state index is 0.265. The largest absolute Gasteiger partial charge is 0.438 e. The van der Waals surface area contributed by atoms with Crippen molar-refractivity contribution < 1.29 is 18.7 Å². The summed E-state index contributed by atoms with van der Waals surface area (Å²) in [4.78, 5) is 26.7. The summed E-state index contributed by atoms with van der Waals surface area (Å²) >= 11 is 5.94. The van der Waals surface area contributed by atoms with Gasteiger partial charge in [-0.3, -0.25) is 4.79 Å². The molecule has 2 aromatic rings. The van der Waals surface area contributed by atoms with Crippen molar-refractivity contribution in [2.75, 3.05) is 6.54 Å². The molecule has 146 valence electrons. The van der Waals surface area contributed by atoms with Crippen LogP contribution in [0.25, 0.3) is 6.08 Å². The van der Waals surface area contributed by atoms with Crippen molar-refractivity contribution in [2.45, 2.75) is 31.9 Å². The Morgan fingerprint density at radius 1 is 1.11 bits per heavy atom. The first-order valence-electron chi connectivity index (χ1n) is 9.24. The predicted octanol–water partition coefficient (Wildman–Crippen LogP) is 5.08. The monoisotopic (exact) mass is 401 g/mol. The molecular formula is C22H21ClFNO3. The van der Waals surface area contributed by atoms with Gasteiger partial charge in [0, 0.05) is 29.6 Å². The molecule has 1 amide bonds. The van der Waals surface area contributed by atoms with Crippen LogP contribution in [0.2, 0.25) is 5.02 Å². The van der Waals surface area contributed by atoms with Gasteiger partial charge in [-0.05, 0) is 60.9 Å². The van der Waals surface area contributed by atoms with Crippen LogP contribution in [0.4, 0.5) is 4.39 Å². The lowest BCUT2D eigenvalue weighted by molar-refractivity contribution is -0.150. The lowest BCUT2D eigenvalue weighted by atomic mass is 10.2. The minimum atomic E-state index is -0.642. The predicted molar refractivity (Wildman–Crippen MR) is 106 cm³/mol. The molecule has 1 saturated heterocycles. The zero-order valence-electron chi connectivity index (χ0n) is 15.3. The van der Waals surface area contributed by atoms with Crippen LogP contribution in [0.3, 0.4) is 0 Å². The first-order chi connectivity index (χ1) is 13.5. The summed E-state index contributed by atoms with van der Waals surface area (Å²) in [7, 11) is 0. The summed E-state index contributed by atoms with van der Waals surface area (Å²) in [6.07, 6.45) is 5.54. The zero-order chi connectivity index (χ0) is 19.9. The Balaban J connectivity index is 1.70. The summed E-state index contributed by atoms with van der Waals surface area (Å²) in [5, 5.41) is 0.579. The van der Waals surface area contributed by atoms with Crippen LogP contribution in [-0.4, -0.2) is 29.5 Å². The Labute approximate surface area is 168 Å². The van der Waals surface area contributed by atoms with Gasteiger partial charge in [-0.1, -0.05) is 30.2 Å². The maximum absolute atomic E-state index is 13.1. The van der Waals surface area contributed by atoms with Crippen LogP contribution >= 0.6 is 11.6 Å². The van der Waals surface area contributed by atoms with E-state index in [-0.39, 0.29) is 5.91 Å². The number of nitrogens with zero attached hydrogens (tertiary/aromatic N) is 1. The zero-order valence-corrected chi connectivity index (χ0v) is 16.1. The molecule has 0 bridgehead atoms. The first kappa shape index (κ1) is 20.1. The second-order valence-electron chi connectivity index (χ2n) is 6.63. The second kappa shape index (κ2) is 9.51. The van der Waals surface area contributed by atoms with Crippen molar-refractivity contribution >= 4 is 29.6 Å². The van der Waals surface area contributed by atoms with E-state index in [9.17, 15) is 14.0 Å². The molecule has 0 radical (unpaired) electrons. The van der Waals surface area contributed by atoms with E-state index >= 15 is 0 Å². The molecule has 4 nitrogen and oxygen atoms in total. The van der Waals surface area contributed by atoms with Crippen molar-refractivity contribution in [3.63, 3.8) is 0 Å². The number of benzene rings is 2. The lowest BCUT2D eigenvalue weighted by Crippen LogP contribution is -2.42. The molecule has 0 spiro atoms. The van der Waals surface area contributed by atoms with Crippen LogP contribution in [0, 0.1) is 5.82 Å². The highest BCUT2D eigenvalue weighted by molar-refractivity contribution is 6.30. The molecule has 28 heavy (non-hydrogen) atoms. The van der Waals surface area contributed by atoms with Gasteiger partial charge in [0.1, 0.15) is 5.82 Å². The number of hydrogen-bond acceptors (Lipinski definition) is 3. The van der Waals surface area contributed by atoms with E-state index in [4.69, 9.17) is 16.3 Å².